The molecule has 0 aliphatic heterocycles. The van der Waals surface area contributed by atoms with Gasteiger partial charge in [-0.15, -0.1) is 0 Å². The number of carboxylic acids is 4. The first-order chi connectivity index (χ1) is 27.4. The second-order valence-electron chi connectivity index (χ2n) is 10.4. The van der Waals surface area contributed by atoms with E-state index in [0.717, 1.165) is 14.3 Å². The Morgan fingerprint density at radius 2 is 0.600 bits per heavy atom. The van der Waals surface area contributed by atoms with E-state index in [-0.39, 0.29) is 56.4 Å². The van der Waals surface area contributed by atoms with E-state index in [9.17, 15) is 49.2 Å². The van der Waals surface area contributed by atoms with Crippen LogP contribution in [0.3, 0.4) is 0 Å². The van der Waals surface area contributed by atoms with Gasteiger partial charge in [0.1, 0.15) is 0 Å². The average Bonchev–Trinajstić information content (AvgIpc) is 3.20. The summed E-state index contributed by atoms with van der Waals surface area (Å²) < 4.78 is 3.61. The van der Waals surface area contributed by atoms with Crippen molar-refractivity contribution >= 4 is 126 Å². The number of amides is 2. The van der Waals surface area contributed by atoms with Crippen molar-refractivity contribution in [2.24, 2.45) is 11.5 Å². The van der Waals surface area contributed by atoms with E-state index in [1.165, 1.54) is 36.7 Å². The van der Waals surface area contributed by atoms with Crippen LogP contribution >= 0.6 is 90.4 Å². The van der Waals surface area contributed by atoms with E-state index in [1.807, 2.05) is 115 Å². The third-order valence-corrected chi connectivity index (χ3v) is 8.82. The minimum absolute atomic E-state index is 0. The second-order valence-corrected chi connectivity index (χ2v) is 15.4. The van der Waals surface area contributed by atoms with E-state index in [1.54, 1.807) is 85.2 Å². The maximum atomic E-state index is 10.4. The molecule has 6 aromatic rings. The van der Waals surface area contributed by atoms with Crippen LogP contribution in [0.2, 0.25) is 0 Å². The molecule has 318 valence electrons. The molecule has 4 N–H and O–H groups in total. The summed E-state index contributed by atoms with van der Waals surface area (Å²) >= 11 is 8.19. The summed E-state index contributed by atoms with van der Waals surface area (Å²) in [4.78, 5) is 69.1. The third-order valence-electron chi connectivity index (χ3n) is 6.13. The largest absolute Gasteiger partial charge is 2.00 e. The first-order valence-corrected chi connectivity index (χ1v) is 20.0. The minimum atomic E-state index is -1.13. The Kier molecular flexibility index (Phi) is 31.6. The molecule has 0 saturated carbocycles. The Morgan fingerprint density at radius 1 is 0.383 bits per heavy atom. The molecule has 4 aromatic carbocycles. The van der Waals surface area contributed by atoms with Crippen molar-refractivity contribution in [2.75, 3.05) is 0 Å². The smallest absolute Gasteiger partial charge is 0.545 e. The number of halogens is 4. The van der Waals surface area contributed by atoms with E-state index < -0.39 is 35.7 Å². The number of carbonyl (C=O) groups excluding carboxylic acids is 6. The number of carboxylic acid groups (broad SMARTS) is 4. The van der Waals surface area contributed by atoms with Gasteiger partial charge in [-0.2, -0.15) is 0 Å². The zero-order valence-electron chi connectivity index (χ0n) is 30.1. The molecule has 0 aliphatic rings. The van der Waals surface area contributed by atoms with Crippen LogP contribution in [0.25, 0.3) is 0 Å². The van der Waals surface area contributed by atoms with Gasteiger partial charge in [0.15, 0.2) is 0 Å². The second kappa shape index (κ2) is 32.7. The fourth-order valence-corrected chi connectivity index (χ4v) is 5.65. The monoisotopic (exact) mass is 1360 g/mol. The van der Waals surface area contributed by atoms with Gasteiger partial charge in [-0.25, -0.2) is 0 Å². The molecule has 6 rings (SSSR count). The molecule has 2 radical (unpaired) electrons. The molecule has 0 aliphatic carbocycles. The fourth-order valence-electron chi connectivity index (χ4n) is 3.48. The van der Waals surface area contributed by atoms with Gasteiger partial charge in [-0.05, 0) is 185 Å². The van der Waals surface area contributed by atoms with Gasteiger partial charge in [0.2, 0.25) is 11.8 Å². The molecule has 0 atom stereocenters. The number of hydrogen-bond acceptors (Lipinski definition) is 12. The number of nitrogens with zero attached hydrogens (tertiary/aromatic N) is 2. The van der Waals surface area contributed by atoms with Crippen molar-refractivity contribution in [3.8, 4) is 0 Å². The van der Waals surface area contributed by atoms with Crippen molar-refractivity contribution in [1.29, 1.82) is 0 Å². The normalized spacial score (nSPS) is 8.87. The maximum Gasteiger partial charge on any atom is 2.00 e. The van der Waals surface area contributed by atoms with Crippen LogP contribution in [0.1, 0.15) is 62.1 Å². The Hall–Kier alpha value is -4.04. The van der Waals surface area contributed by atoms with Crippen LogP contribution in [0.15, 0.2) is 146 Å². The summed E-state index contributed by atoms with van der Waals surface area (Å²) in [5.74, 6) is -5.39. The van der Waals surface area contributed by atoms with Crippen molar-refractivity contribution in [3.05, 3.63) is 194 Å². The van der Waals surface area contributed by atoms with Crippen molar-refractivity contribution < 1.29 is 83.3 Å². The molecule has 2 amide bonds. The van der Waals surface area contributed by atoms with Crippen LogP contribution < -0.4 is 31.9 Å². The summed E-state index contributed by atoms with van der Waals surface area (Å²) in [6.45, 7) is 0. The summed E-state index contributed by atoms with van der Waals surface area (Å²) in [5, 5.41) is 41.0. The number of primary amides is 2. The molecule has 20 heteroatoms. The Balaban J connectivity index is 0. The summed E-state index contributed by atoms with van der Waals surface area (Å²) in [6, 6.07) is 32.9. The molecule has 0 unspecified atom stereocenters. The molecule has 0 saturated heterocycles. The van der Waals surface area contributed by atoms with Crippen LogP contribution in [-0.4, -0.2) is 45.7 Å². The quantitative estimate of drug-likeness (QED) is 0.180. The topological polar surface area (TPSA) is 272 Å². The van der Waals surface area contributed by atoms with Gasteiger partial charge in [-0.3, -0.25) is 19.6 Å². The Morgan fingerprint density at radius 3 is 0.717 bits per heavy atom. The van der Waals surface area contributed by atoms with E-state index >= 15 is 0 Å². The van der Waals surface area contributed by atoms with Crippen LogP contribution in [0.4, 0.5) is 0 Å². The van der Waals surface area contributed by atoms with E-state index in [0.29, 0.717) is 11.1 Å². The standard InChI is InChI=1S/4C7H5IO2.2C6H6N2O.2Cu/c4*8-6-3-1-2-5(4-6)7(9)10;2*7-6(9)5-2-1-3-8-4-5;;/h4*1-4H,(H,9,10);2*1-4H,(H2,7,9);;/q;;;;;;2*+2/p-4. The number of benzene rings is 4. The van der Waals surface area contributed by atoms with Crippen molar-refractivity contribution in [1.82, 2.24) is 9.97 Å². The predicted molar refractivity (Wildman–Crippen MR) is 239 cm³/mol. The van der Waals surface area contributed by atoms with Gasteiger partial charge in [0.05, 0.1) is 35.0 Å². The molecule has 2 heterocycles. The SMILES string of the molecule is NC(=O)c1cccnc1.NC(=O)c1cccnc1.O=C([O-])c1cccc(I)c1.O=C([O-])c1cccc(I)c1.O=C([O-])c1cccc(I)c1.O=C([O-])c1cccc(I)c1.[Cu+2].[Cu+2]. The van der Waals surface area contributed by atoms with Gasteiger partial charge >= 0.3 is 34.1 Å². The number of nitrogens with two attached hydrogens (primary N) is 2. The average molecular weight is 1360 g/mol. The number of aromatic nitrogens is 2. The predicted octanol–water partition coefficient (Wildman–Crippen LogP) is 2.97. The first-order valence-electron chi connectivity index (χ1n) is 15.7. The Labute approximate surface area is 419 Å². The van der Waals surface area contributed by atoms with Gasteiger partial charge < -0.3 is 51.1 Å². The summed E-state index contributed by atoms with van der Waals surface area (Å²) in [6.07, 6.45) is 6.05. The first kappa shape index (κ1) is 58.1. The fraction of sp³-hybridized carbons (Fsp3) is 0. The number of aromatic carboxylic acids is 4. The molecule has 0 fully saturated rings. The number of hydrogen-bond donors (Lipinski definition) is 2. The number of carbonyl (C=O) groups is 6. The maximum absolute atomic E-state index is 10.4. The number of pyridine rings is 2. The summed E-state index contributed by atoms with van der Waals surface area (Å²) in [7, 11) is 0. The zero-order valence-corrected chi connectivity index (χ0v) is 40.6. The van der Waals surface area contributed by atoms with Gasteiger partial charge in [0.25, 0.3) is 0 Å². The molecule has 2 aromatic heterocycles. The van der Waals surface area contributed by atoms with Crippen molar-refractivity contribution in [3.63, 3.8) is 0 Å². The Bertz CT molecular complexity index is 2020. The number of rotatable bonds is 6. The van der Waals surface area contributed by atoms with Crippen LogP contribution in [-0.2, 0) is 34.1 Å². The molecule has 60 heavy (non-hydrogen) atoms. The van der Waals surface area contributed by atoms with E-state index in [2.05, 4.69) is 9.97 Å². The molecular formula is C40H28Cu2I4N4O10. The van der Waals surface area contributed by atoms with Gasteiger partial charge in [0, 0.05) is 39.1 Å². The third kappa shape index (κ3) is 26.2. The van der Waals surface area contributed by atoms with Gasteiger partial charge in [-0.1, -0.05) is 48.5 Å². The van der Waals surface area contributed by atoms with Crippen molar-refractivity contribution in [2.45, 2.75) is 0 Å². The van der Waals surface area contributed by atoms with Crippen LogP contribution in [0, 0.1) is 14.3 Å². The molecule has 0 spiro atoms. The molecule has 14 nitrogen and oxygen atoms in total. The van der Waals surface area contributed by atoms with E-state index in [4.69, 9.17) is 11.5 Å². The summed E-state index contributed by atoms with van der Waals surface area (Å²) in [5.41, 5.74) is 11.7. The molecule has 0 bridgehead atoms. The minimum Gasteiger partial charge on any atom is -0.545 e. The zero-order chi connectivity index (χ0) is 43.6. The molecular weight excluding hydrogens is 1330 g/mol. The van der Waals surface area contributed by atoms with Crippen LogP contribution in [0.5, 0.6) is 0 Å².